The summed E-state index contributed by atoms with van der Waals surface area (Å²) >= 11 is 27.4. The van der Waals surface area contributed by atoms with Crippen LogP contribution in [0.3, 0.4) is 0 Å². The number of rotatable bonds is 7. The van der Waals surface area contributed by atoms with Gasteiger partial charge in [-0.25, -0.2) is 4.39 Å². The molecule has 0 fully saturated rings. The van der Waals surface area contributed by atoms with E-state index in [9.17, 15) is 10.5 Å². The Bertz CT molecular complexity index is 1570. The second-order valence-corrected chi connectivity index (χ2v) is 11.3. The Balaban J connectivity index is 1.96. The van der Waals surface area contributed by atoms with E-state index in [1.54, 1.807) is 36.4 Å². The first-order valence-electron chi connectivity index (χ1n) is 10.6. The maximum absolute atomic E-state index is 16.0. The monoisotopic (exact) mass is 603 g/mol. The van der Waals surface area contributed by atoms with Crippen molar-refractivity contribution in [3.63, 3.8) is 0 Å². The van der Waals surface area contributed by atoms with Crippen molar-refractivity contribution < 1.29 is 4.39 Å². The normalized spacial score (nSPS) is 10.6. The number of anilines is 1. The molecule has 0 aromatic heterocycles. The van der Waals surface area contributed by atoms with Crippen LogP contribution in [0.2, 0.25) is 20.1 Å². The highest BCUT2D eigenvalue weighted by atomic mass is 35.5. The molecule has 0 heterocycles. The largest absolute Gasteiger partial charge is 0.379 e. The van der Waals surface area contributed by atoms with Crippen molar-refractivity contribution in [1.82, 2.24) is 0 Å². The minimum atomic E-state index is -0.842. The van der Waals surface area contributed by atoms with Gasteiger partial charge in [-0.3, -0.25) is 0 Å². The van der Waals surface area contributed by atoms with Crippen molar-refractivity contribution in [1.29, 1.82) is 10.5 Å². The number of nitrogens with one attached hydrogen (secondary N) is 1. The van der Waals surface area contributed by atoms with Crippen LogP contribution in [-0.4, -0.2) is 0 Å². The molecule has 0 atom stereocenters. The van der Waals surface area contributed by atoms with E-state index in [1.165, 1.54) is 0 Å². The lowest BCUT2D eigenvalue weighted by molar-refractivity contribution is 0.590. The number of benzene rings is 4. The topological polar surface area (TPSA) is 59.6 Å². The van der Waals surface area contributed by atoms with Crippen molar-refractivity contribution in [3.8, 4) is 12.1 Å². The van der Waals surface area contributed by atoms with E-state index in [1.807, 2.05) is 42.5 Å². The molecule has 0 saturated heterocycles. The minimum absolute atomic E-state index is 0.0938. The molecular weight excluding hydrogens is 591 g/mol. The summed E-state index contributed by atoms with van der Waals surface area (Å²) in [6, 6.07) is 23.1. The number of hydrogen-bond donors (Lipinski definition) is 1. The third kappa shape index (κ3) is 6.30. The first-order chi connectivity index (χ1) is 17.8. The molecule has 0 bridgehead atoms. The zero-order valence-electron chi connectivity index (χ0n) is 18.7. The second-order valence-electron chi connectivity index (χ2n) is 7.51. The fourth-order valence-corrected chi connectivity index (χ4v) is 6.54. The van der Waals surface area contributed by atoms with Gasteiger partial charge in [-0.05, 0) is 42.0 Å². The van der Waals surface area contributed by atoms with Crippen LogP contribution in [0.25, 0.3) is 0 Å². The van der Waals surface area contributed by atoms with Gasteiger partial charge in [0.1, 0.15) is 17.7 Å². The van der Waals surface area contributed by atoms with E-state index in [0.29, 0.717) is 47.0 Å². The van der Waals surface area contributed by atoms with Crippen LogP contribution in [0.15, 0.2) is 86.3 Å². The molecule has 4 rings (SSSR count). The van der Waals surface area contributed by atoms with Gasteiger partial charge in [0, 0.05) is 26.4 Å². The lowest BCUT2D eigenvalue weighted by Crippen LogP contribution is -2.07. The minimum Gasteiger partial charge on any atom is -0.379 e. The van der Waals surface area contributed by atoms with E-state index in [-0.39, 0.29) is 16.0 Å². The summed E-state index contributed by atoms with van der Waals surface area (Å²) in [5.74, 6) is -0.842. The zero-order valence-corrected chi connectivity index (χ0v) is 23.3. The fourth-order valence-electron chi connectivity index (χ4n) is 3.37. The SMILES string of the molecule is N#Cc1c(F)c(Sc2cc(Cl)ccc2Cl)c(Sc2cc(Cl)ccc2Cl)c(NCc2ccccc2)c1C#N. The Morgan fingerprint density at radius 2 is 1.27 bits per heavy atom. The quantitative estimate of drug-likeness (QED) is 0.227. The van der Waals surface area contributed by atoms with Crippen molar-refractivity contribution in [2.45, 2.75) is 26.1 Å². The van der Waals surface area contributed by atoms with Gasteiger partial charge in [-0.15, -0.1) is 0 Å². The van der Waals surface area contributed by atoms with Crippen molar-refractivity contribution in [3.05, 3.63) is 109 Å². The number of halogens is 5. The summed E-state index contributed by atoms with van der Waals surface area (Å²) in [6.45, 7) is 0.324. The molecule has 1 N–H and O–H groups in total. The van der Waals surface area contributed by atoms with Crippen LogP contribution in [-0.2, 0) is 6.54 Å². The maximum Gasteiger partial charge on any atom is 0.157 e. The molecular formula is C27H14Cl4FN3S2. The highest BCUT2D eigenvalue weighted by Gasteiger charge is 2.27. The summed E-state index contributed by atoms with van der Waals surface area (Å²) < 4.78 is 16.0. The molecule has 0 aliphatic rings. The number of nitriles is 2. The lowest BCUT2D eigenvalue weighted by atomic mass is 10.1. The molecule has 0 amide bonds. The standard InChI is InChI=1S/C27H14Cl4FN3S2/c28-16-6-8-20(30)22(10-16)36-26-24(32)18(12-33)19(13-34)25(35-14-15-4-2-1-3-5-15)27(26)37-23-11-17(29)7-9-21(23)31/h1-11,35H,14H2. The van der Waals surface area contributed by atoms with Gasteiger partial charge in [0.05, 0.1) is 31.1 Å². The van der Waals surface area contributed by atoms with Gasteiger partial charge < -0.3 is 5.32 Å². The molecule has 0 aliphatic heterocycles. The molecule has 3 nitrogen and oxygen atoms in total. The molecule has 37 heavy (non-hydrogen) atoms. The average molecular weight is 605 g/mol. The maximum atomic E-state index is 16.0. The molecule has 4 aromatic carbocycles. The Labute approximate surface area is 242 Å². The van der Waals surface area contributed by atoms with E-state index in [4.69, 9.17) is 46.4 Å². The third-order valence-corrected chi connectivity index (χ3v) is 8.90. The highest BCUT2D eigenvalue weighted by Crippen LogP contribution is 2.50. The second kappa shape index (κ2) is 12.3. The molecule has 4 aromatic rings. The van der Waals surface area contributed by atoms with Crippen molar-refractivity contribution in [2.24, 2.45) is 0 Å². The summed E-state index contributed by atoms with van der Waals surface area (Å²) in [4.78, 5) is 1.48. The van der Waals surface area contributed by atoms with E-state index in [0.717, 1.165) is 29.1 Å². The molecule has 0 spiro atoms. The molecule has 0 saturated carbocycles. The van der Waals surface area contributed by atoms with Crippen LogP contribution >= 0.6 is 69.9 Å². The molecule has 10 heteroatoms. The Morgan fingerprint density at radius 3 is 1.81 bits per heavy atom. The van der Waals surface area contributed by atoms with Crippen LogP contribution < -0.4 is 5.32 Å². The average Bonchev–Trinajstić information content (AvgIpc) is 2.89. The van der Waals surface area contributed by atoms with Crippen molar-refractivity contribution in [2.75, 3.05) is 5.32 Å². The first-order valence-corrected chi connectivity index (χ1v) is 13.7. The highest BCUT2D eigenvalue weighted by molar-refractivity contribution is 8.02. The molecule has 0 aliphatic carbocycles. The van der Waals surface area contributed by atoms with Crippen LogP contribution in [0, 0.1) is 28.5 Å². The third-order valence-electron chi connectivity index (χ3n) is 5.10. The summed E-state index contributed by atoms with van der Waals surface area (Å²) in [6.07, 6.45) is 0. The smallest absolute Gasteiger partial charge is 0.157 e. The Hall–Kier alpha value is -2.55. The first kappa shape index (κ1) is 27.5. The van der Waals surface area contributed by atoms with E-state index in [2.05, 4.69) is 5.32 Å². The lowest BCUT2D eigenvalue weighted by Gasteiger charge is -2.20. The van der Waals surface area contributed by atoms with E-state index >= 15 is 4.39 Å². The van der Waals surface area contributed by atoms with Gasteiger partial charge in [-0.2, -0.15) is 10.5 Å². The predicted octanol–water partition coefficient (Wildman–Crippen LogP) is 10.1. The van der Waals surface area contributed by atoms with E-state index < -0.39 is 5.82 Å². The van der Waals surface area contributed by atoms with Gasteiger partial charge in [0.25, 0.3) is 0 Å². The molecule has 184 valence electrons. The fraction of sp³-hybridized carbons (Fsp3) is 0.0370. The molecule has 0 radical (unpaired) electrons. The van der Waals surface area contributed by atoms with Gasteiger partial charge >= 0.3 is 0 Å². The summed E-state index contributed by atoms with van der Waals surface area (Å²) in [7, 11) is 0. The molecule has 0 unspecified atom stereocenters. The van der Waals surface area contributed by atoms with Gasteiger partial charge in [0.15, 0.2) is 5.82 Å². The van der Waals surface area contributed by atoms with Crippen LogP contribution in [0.1, 0.15) is 16.7 Å². The Morgan fingerprint density at radius 1 is 0.730 bits per heavy atom. The zero-order chi connectivity index (χ0) is 26.5. The predicted molar refractivity (Wildman–Crippen MR) is 151 cm³/mol. The number of nitrogens with zero attached hydrogens (tertiary/aromatic N) is 2. The Kier molecular flexibility index (Phi) is 9.16. The van der Waals surface area contributed by atoms with Crippen LogP contribution in [0.5, 0.6) is 0 Å². The van der Waals surface area contributed by atoms with Gasteiger partial charge in [-0.1, -0.05) is 100 Å². The summed E-state index contributed by atoms with van der Waals surface area (Å²) in [5.41, 5.74) is 0.738. The summed E-state index contributed by atoms with van der Waals surface area (Å²) in [5, 5.41) is 24.7. The van der Waals surface area contributed by atoms with Crippen molar-refractivity contribution >= 4 is 75.6 Å². The number of hydrogen-bond acceptors (Lipinski definition) is 5. The van der Waals surface area contributed by atoms with Gasteiger partial charge in [0.2, 0.25) is 0 Å². The van der Waals surface area contributed by atoms with Crippen LogP contribution in [0.4, 0.5) is 10.1 Å².